The summed E-state index contributed by atoms with van der Waals surface area (Å²) in [4.78, 5) is 7.93. The highest BCUT2D eigenvalue weighted by molar-refractivity contribution is 7.90. The first-order valence-electron chi connectivity index (χ1n) is 5.31. The lowest BCUT2D eigenvalue weighted by Gasteiger charge is -2.21. The van der Waals surface area contributed by atoms with E-state index in [0.29, 0.717) is 5.92 Å². The Kier molecular flexibility index (Phi) is 3.20. The molecule has 1 aromatic heterocycles. The van der Waals surface area contributed by atoms with Gasteiger partial charge in [-0.25, -0.2) is 18.4 Å². The molecule has 1 saturated heterocycles. The Bertz CT molecular complexity index is 467. The molecule has 5 nitrogen and oxygen atoms in total. The van der Waals surface area contributed by atoms with Crippen molar-refractivity contribution < 1.29 is 8.42 Å². The highest BCUT2D eigenvalue weighted by Gasteiger charge is 2.19. The molecule has 0 radical (unpaired) electrons. The third-order valence-electron chi connectivity index (χ3n) is 2.74. The molecule has 0 aromatic carbocycles. The molecule has 1 aromatic rings. The van der Waals surface area contributed by atoms with Crippen molar-refractivity contribution in [2.75, 3.05) is 19.3 Å². The summed E-state index contributed by atoms with van der Waals surface area (Å²) in [6.45, 7) is 1.92. The predicted molar refractivity (Wildman–Crippen MR) is 60.0 cm³/mol. The van der Waals surface area contributed by atoms with Crippen LogP contribution < -0.4 is 5.32 Å². The number of sulfone groups is 1. The van der Waals surface area contributed by atoms with E-state index >= 15 is 0 Å². The van der Waals surface area contributed by atoms with Crippen molar-refractivity contribution in [1.82, 2.24) is 15.3 Å². The average molecular weight is 241 g/mol. The molecular weight excluding hydrogens is 226 g/mol. The minimum absolute atomic E-state index is 0.0662. The van der Waals surface area contributed by atoms with Gasteiger partial charge in [-0.1, -0.05) is 0 Å². The van der Waals surface area contributed by atoms with Crippen LogP contribution in [0.15, 0.2) is 17.4 Å². The van der Waals surface area contributed by atoms with Crippen LogP contribution >= 0.6 is 0 Å². The monoisotopic (exact) mass is 241 g/mol. The van der Waals surface area contributed by atoms with E-state index in [1.807, 2.05) is 6.07 Å². The molecule has 1 N–H and O–H groups in total. The van der Waals surface area contributed by atoms with E-state index in [1.54, 1.807) is 0 Å². The number of nitrogens with zero attached hydrogens (tertiary/aromatic N) is 2. The molecule has 16 heavy (non-hydrogen) atoms. The molecule has 88 valence electrons. The Balaban J connectivity index is 2.28. The molecule has 0 spiro atoms. The number of hydrogen-bond acceptors (Lipinski definition) is 5. The van der Waals surface area contributed by atoms with Crippen molar-refractivity contribution in [3.05, 3.63) is 18.0 Å². The van der Waals surface area contributed by atoms with Crippen LogP contribution in [0.4, 0.5) is 0 Å². The molecule has 0 aliphatic carbocycles. The van der Waals surface area contributed by atoms with Gasteiger partial charge >= 0.3 is 0 Å². The van der Waals surface area contributed by atoms with Crippen LogP contribution in [-0.4, -0.2) is 37.7 Å². The molecule has 1 fully saturated rings. The molecule has 2 heterocycles. The Hall–Kier alpha value is -1.01. The molecule has 0 atom stereocenters. The predicted octanol–water partition coefficient (Wildman–Crippen LogP) is 0.347. The highest BCUT2D eigenvalue weighted by atomic mass is 32.2. The zero-order valence-electron chi connectivity index (χ0n) is 9.18. The van der Waals surface area contributed by atoms with Gasteiger partial charge in [-0.2, -0.15) is 0 Å². The molecule has 6 heteroatoms. The van der Waals surface area contributed by atoms with Crippen LogP contribution in [0.25, 0.3) is 0 Å². The van der Waals surface area contributed by atoms with Gasteiger partial charge < -0.3 is 5.32 Å². The molecule has 1 aliphatic rings. The minimum Gasteiger partial charge on any atom is -0.317 e. The van der Waals surface area contributed by atoms with Crippen LogP contribution in [0.1, 0.15) is 24.5 Å². The zero-order valence-corrected chi connectivity index (χ0v) is 10.00. The summed E-state index contributed by atoms with van der Waals surface area (Å²) in [6.07, 6.45) is 4.66. The highest BCUT2D eigenvalue weighted by Crippen LogP contribution is 2.23. The second-order valence-electron chi connectivity index (χ2n) is 4.06. The van der Waals surface area contributed by atoms with E-state index in [2.05, 4.69) is 15.3 Å². The van der Waals surface area contributed by atoms with Gasteiger partial charge in [0.05, 0.1) is 0 Å². The topological polar surface area (TPSA) is 72.0 Å². The second kappa shape index (κ2) is 4.47. The van der Waals surface area contributed by atoms with Crippen molar-refractivity contribution in [3.63, 3.8) is 0 Å². The Labute approximate surface area is 95.2 Å². The fourth-order valence-corrected chi connectivity index (χ4v) is 2.40. The minimum atomic E-state index is -3.30. The smallest absolute Gasteiger partial charge is 0.246 e. The Morgan fingerprint density at radius 3 is 2.69 bits per heavy atom. The molecule has 0 amide bonds. The standard InChI is InChI=1S/C10H15N3O2S/c1-16(14,15)10-12-7-4-9(13-10)8-2-5-11-6-3-8/h4,7-8,11H,2-3,5-6H2,1H3. The first-order valence-corrected chi connectivity index (χ1v) is 7.20. The van der Waals surface area contributed by atoms with Crippen molar-refractivity contribution in [3.8, 4) is 0 Å². The van der Waals surface area contributed by atoms with Gasteiger partial charge in [-0.15, -0.1) is 0 Å². The van der Waals surface area contributed by atoms with Gasteiger partial charge in [0, 0.05) is 24.1 Å². The van der Waals surface area contributed by atoms with Crippen LogP contribution in [0, 0.1) is 0 Å². The lowest BCUT2D eigenvalue weighted by molar-refractivity contribution is 0.450. The SMILES string of the molecule is CS(=O)(=O)c1nccc(C2CCNCC2)n1. The Morgan fingerprint density at radius 1 is 1.38 bits per heavy atom. The largest absolute Gasteiger partial charge is 0.317 e. The second-order valence-corrected chi connectivity index (χ2v) is 5.97. The fourth-order valence-electron chi connectivity index (χ4n) is 1.88. The lowest BCUT2D eigenvalue weighted by Crippen LogP contribution is -2.27. The van der Waals surface area contributed by atoms with Gasteiger partial charge in [0.2, 0.25) is 15.0 Å². The summed E-state index contributed by atoms with van der Waals surface area (Å²) < 4.78 is 22.7. The van der Waals surface area contributed by atoms with Crippen LogP contribution in [-0.2, 0) is 9.84 Å². The average Bonchev–Trinajstić information content (AvgIpc) is 2.29. The number of aromatic nitrogens is 2. The van der Waals surface area contributed by atoms with Gasteiger partial charge in [0.1, 0.15) is 0 Å². The summed E-state index contributed by atoms with van der Waals surface area (Å²) in [6, 6.07) is 1.81. The van der Waals surface area contributed by atoms with Gasteiger partial charge in [-0.05, 0) is 32.0 Å². The van der Waals surface area contributed by atoms with Gasteiger partial charge in [0.15, 0.2) is 0 Å². The number of hydrogen-bond donors (Lipinski definition) is 1. The zero-order chi connectivity index (χ0) is 11.6. The maximum Gasteiger partial charge on any atom is 0.246 e. The number of rotatable bonds is 2. The molecule has 1 aliphatic heterocycles. The van der Waals surface area contributed by atoms with E-state index in [0.717, 1.165) is 37.9 Å². The molecular formula is C10H15N3O2S. The lowest BCUT2D eigenvalue weighted by atomic mass is 9.95. The first kappa shape index (κ1) is 11.5. The summed E-state index contributed by atoms with van der Waals surface area (Å²) in [5.74, 6) is 0.352. The van der Waals surface area contributed by atoms with Crippen molar-refractivity contribution in [2.24, 2.45) is 0 Å². The molecule has 0 unspecified atom stereocenters. The summed E-state index contributed by atoms with van der Waals surface area (Å²) in [5.41, 5.74) is 0.844. The third kappa shape index (κ3) is 2.56. The van der Waals surface area contributed by atoms with Crippen molar-refractivity contribution in [2.45, 2.75) is 23.9 Å². The van der Waals surface area contributed by atoms with E-state index in [-0.39, 0.29) is 5.16 Å². The fraction of sp³-hybridized carbons (Fsp3) is 0.600. The number of nitrogens with one attached hydrogen (secondary N) is 1. The normalized spacial score (nSPS) is 18.6. The van der Waals surface area contributed by atoms with E-state index in [1.165, 1.54) is 6.20 Å². The van der Waals surface area contributed by atoms with Crippen molar-refractivity contribution in [1.29, 1.82) is 0 Å². The van der Waals surface area contributed by atoms with E-state index in [4.69, 9.17) is 0 Å². The van der Waals surface area contributed by atoms with Gasteiger partial charge in [0.25, 0.3) is 0 Å². The van der Waals surface area contributed by atoms with E-state index < -0.39 is 9.84 Å². The van der Waals surface area contributed by atoms with Crippen LogP contribution in [0.5, 0.6) is 0 Å². The third-order valence-corrected chi connectivity index (χ3v) is 3.60. The summed E-state index contributed by atoms with van der Waals surface area (Å²) in [5, 5.41) is 3.20. The summed E-state index contributed by atoms with van der Waals surface area (Å²) in [7, 11) is -3.30. The molecule has 0 saturated carbocycles. The number of piperidine rings is 1. The molecule has 0 bridgehead atoms. The van der Waals surface area contributed by atoms with E-state index in [9.17, 15) is 8.42 Å². The maximum absolute atomic E-state index is 11.3. The Morgan fingerprint density at radius 2 is 2.06 bits per heavy atom. The first-order chi connectivity index (χ1) is 7.57. The summed E-state index contributed by atoms with van der Waals surface area (Å²) >= 11 is 0. The van der Waals surface area contributed by atoms with Gasteiger partial charge in [-0.3, -0.25) is 0 Å². The maximum atomic E-state index is 11.3. The van der Waals surface area contributed by atoms with Crippen molar-refractivity contribution >= 4 is 9.84 Å². The van der Waals surface area contributed by atoms with Crippen LogP contribution in [0.2, 0.25) is 0 Å². The quantitative estimate of drug-likeness (QED) is 0.756. The molecule has 2 rings (SSSR count). The van der Waals surface area contributed by atoms with Crippen LogP contribution in [0.3, 0.4) is 0 Å².